The first kappa shape index (κ1) is 20.6. The number of piperazine rings is 1. The minimum absolute atomic E-state index is 0.0701. The van der Waals surface area contributed by atoms with Crippen molar-refractivity contribution in [1.82, 2.24) is 29.6 Å². The molecule has 0 radical (unpaired) electrons. The molecule has 3 aromatic heterocycles. The first-order chi connectivity index (χ1) is 16.7. The molecule has 9 nitrogen and oxygen atoms in total. The van der Waals surface area contributed by atoms with Gasteiger partial charge in [0.2, 0.25) is 11.7 Å². The van der Waals surface area contributed by atoms with E-state index in [1.54, 1.807) is 18.7 Å². The van der Waals surface area contributed by atoms with Gasteiger partial charge in [-0.1, -0.05) is 17.3 Å². The highest BCUT2D eigenvalue weighted by Gasteiger charge is 2.30. The maximum Gasteiger partial charge on any atom is 0.253 e. The second-order valence-electron chi connectivity index (χ2n) is 8.85. The molecule has 2 aliphatic rings. The van der Waals surface area contributed by atoms with Gasteiger partial charge in [-0.05, 0) is 42.7 Å². The zero-order valence-corrected chi connectivity index (χ0v) is 18.7. The van der Waals surface area contributed by atoms with E-state index in [-0.39, 0.29) is 5.91 Å². The highest BCUT2D eigenvalue weighted by molar-refractivity contribution is 5.94. The number of benzene rings is 1. The van der Waals surface area contributed by atoms with Crippen LogP contribution in [0.4, 0.5) is 5.82 Å². The van der Waals surface area contributed by atoms with Crippen LogP contribution in [0.2, 0.25) is 0 Å². The summed E-state index contributed by atoms with van der Waals surface area (Å²) in [7, 11) is 0. The average Bonchev–Trinajstić information content (AvgIpc) is 3.39. The first-order valence-corrected chi connectivity index (χ1v) is 11.6. The van der Waals surface area contributed by atoms with E-state index in [9.17, 15) is 4.79 Å². The Hall–Kier alpha value is -4.01. The monoisotopic (exact) mass is 455 g/mol. The van der Waals surface area contributed by atoms with Crippen molar-refractivity contribution in [2.45, 2.75) is 25.3 Å². The van der Waals surface area contributed by atoms with Crippen molar-refractivity contribution < 1.29 is 9.32 Å². The van der Waals surface area contributed by atoms with E-state index < -0.39 is 0 Å². The van der Waals surface area contributed by atoms with Gasteiger partial charge in [-0.25, -0.2) is 9.97 Å². The molecule has 0 bridgehead atoms. The molecule has 172 valence electrons. The second kappa shape index (κ2) is 8.74. The fourth-order valence-corrected chi connectivity index (χ4v) is 4.22. The summed E-state index contributed by atoms with van der Waals surface area (Å²) in [5, 5.41) is 4.08. The molecule has 9 heteroatoms. The average molecular weight is 456 g/mol. The minimum atomic E-state index is 0.0701. The number of amides is 1. The molecule has 2 fully saturated rings. The molecule has 0 spiro atoms. The number of nitrogens with zero attached hydrogens (tertiary/aromatic N) is 7. The van der Waals surface area contributed by atoms with Crippen molar-refractivity contribution in [3.63, 3.8) is 0 Å². The van der Waals surface area contributed by atoms with Gasteiger partial charge in [-0.2, -0.15) is 4.98 Å². The third-order valence-corrected chi connectivity index (χ3v) is 6.39. The van der Waals surface area contributed by atoms with E-state index >= 15 is 0 Å². The van der Waals surface area contributed by atoms with Crippen LogP contribution in [0.3, 0.4) is 0 Å². The largest absolute Gasteiger partial charge is 0.353 e. The van der Waals surface area contributed by atoms with Crippen LogP contribution < -0.4 is 4.90 Å². The maximum absolute atomic E-state index is 13.0. The zero-order chi connectivity index (χ0) is 22.9. The van der Waals surface area contributed by atoms with Crippen LogP contribution in [0.15, 0.2) is 65.8 Å². The fourth-order valence-electron chi connectivity index (χ4n) is 4.22. The topological polar surface area (TPSA) is 93.2 Å². The van der Waals surface area contributed by atoms with Gasteiger partial charge in [0, 0.05) is 68.4 Å². The predicted molar refractivity (Wildman–Crippen MR) is 125 cm³/mol. The van der Waals surface area contributed by atoms with Crippen molar-refractivity contribution in [2.75, 3.05) is 31.1 Å². The quantitative estimate of drug-likeness (QED) is 0.441. The maximum atomic E-state index is 13.0. The fraction of sp³-hybridized carbons (Fsp3) is 0.320. The van der Waals surface area contributed by atoms with Gasteiger partial charge in [0.15, 0.2) is 0 Å². The van der Waals surface area contributed by atoms with Gasteiger partial charge in [-0.15, -0.1) is 0 Å². The summed E-state index contributed by atoms with van der Waals surface area (Å²) in [4.78, 5) is 30.3. The molecule has 4 aromatic rings. The zero-order valence-electron chi connectivity index (χ0n) is 18.7. The lowest BCUT2D eigenvalue weighted by atomic mass is 10.1. The Balaban J connectivity index is 1.04. The van der Waals surface area contributed by atoms with Crippen LogP contribution in [0.5, 0.6) is 0 Å². The Kier molecular flexibility index (Phi) is 5.29. The molecule has 34 heavy (non-hydrogen) atoms. The molecule has 0 unspecified atom stereocenters. The van der Waals surface area contributed by atoms with Crippen LogP contribution in [0, 0.1) is 0 Å². The predicted octanol–water partition coefficient (Wildman–Crippen LogP) is 3.22. The van der Waals surface area contributed by atoms with Crippen LogP contribution >= 0.6 is 0 Å². The lowest BCUT2D eigenvalue weighted by Crippen LogP contribution is -2.49. The van der Waals surface area contributed by atoms with E-state index in [4.69, 9.17) is 4.52 Å². The van der Waals surface area contributed by atoms with E-state index in [1.807, 2.05) is 52.1 Å². The lowest BCUT2D eigenvalue weighted by molar-refractivity contribution is 0.0746. The molecular formula is C25H25N7O2. The van der Waals surface area contributed by atoms with Crippen LogP contribution in [0.1, 0.15) is 40.6 Å². The number of hydrogen-bond acceptors (Lipinski definition) is 7. The summed E-state index contributed by atoms with van der Waals surface area (Å²) in [6, 6.07) is 11.8. The molecule has 1 saturated carbocycles. The molecular weight excluding hydrogens is 430 g/mol. The Morgan fingerprint density at radius 1 is 1.03 bits per heavy atom. The first-order valence-electron chi connectivity index (χ1n) is 11.6. The summed E-state index contributed by atoms with van der Waals surface area (Å²) in [5.41, 5.74) is 2.71. The van der Waals surface area contributed by atoms with Crippen molar-refractivity contribution in [3.8, 4) is 11.4 Å². The standard InChI is InChI=1S/C25H25N7O2/c33-25(20-3-1-18(2-4-20)16-30-10-9-26-17-30)32-13-11-31(12-14-32)22-8-7-21(15-27-22)23-28-24(34-29-23)19-5-6-19/h1-4,7-10,15,17,19H,5-6,11-14,16H2. The van der Waals surface area contributed by atoms with E-state index in [0.717, 1.165) is 60.9 Å². The Labute approximate surface area is 197 Å². The number of imidazole rings is 1. The van der Waals surface area contributed by atoms with E-state index in [2.05, 4.69) is 25.0 Å². The van der Waals surface area contributed by atoms with Gasteiger partial charge in [-0.3, -0.25) is 4.79 Å². The SMILES string of the molecule is O=C(c1ccc(Cn2ccnc2)cc1)N1CCN(c2ccc(-c3noc(C4CC4)n3)cn2)CC1. The van der Waals surface area contributed by atoms with E-state index in [1.165, 1.54) is 0 Å². The van der Waals surface area contributed by atoms with Gasteiger partial charge in [0.25, 0.3) is 5.91 Å². The van der Waals surface area contributed by atoms with Crippen LogP contribution in [0.25, 0.3) is 11.4 Å². The van der Waals surface area contributed by atoms with Crippen LogP contribution in [-0.4, -0.2) is 61.7 Å². The van der Waals surface area contributed by atoms with E-state index in [0.29, 0.717) is 24.8 Å². The highest BCUT2D eigenvalue weighted by atomic mass is 16.5. The molecule has 1 saturated heterocycles. The normalized spacial score (nSPS) is 16.1. The summed E-state index contributed by atoms with van der Waals surface area (Å²) in [5.74, 6) is 2.72. The number of carbonyl (C=O) groups is 1. The summed E-state index contributed by atoms with van der Waals surface area (Å²) in [6.45, 7) is 3.55. The Bertz CT molecular complexity index is 1250. The molecule has 1 amide bonds. The van der Waals surface area contributed by atoms with Crippen LogP contribution in [-0.2, 0) is 6.54 Å². The Morgan fingerprint density at radius 2 is 1.85 bits per heavy atom. The molecule has 1 aromatic carbocycles. The summed E-state index contributed by atoms with van der Waals surface area (Å²) in [6.07, 6.45) is 9.53. The molecule has 1 aliphatic carbocycles. The summed E-state index contributed by atoms with van der Waals surface area (Å²) < 4.78 is 7.35. The highest BCUT2D eigenvalue weighted by Crippen LogP contribution is 2.39. The minimum Gasteiger partial charge on any atom is -0.353 e. The second-order valence-corrected chi connectivity index (χ2v) is 8.85. The van der Waals surface area contributed by atoms with Gasteiger partial charge in [0.1, 0.15) is 5.82 Å². The van der Waals surface area contributed by atoms with Gasteiger partial charge >= 0.3 is 0 Å². The third-order valence-electron chi connectivity index (χ3n) is 6.39. The van der Waals surface area contributed by atoms with Gasteiger partial charge in [0.05, 0.1) is 6.33 Å². The lowest BCUT2D eigenvalue weighted by Gasteiger charge is -2.35. The smallest absolute Gasteiger partial charge is 0.253 e. The molecule has 0 atom stereocenters. The van der Waals surface area contributed by atoms with Crippen molar-refractivity contribution in [3.05, 3.63) is 78.3 Å². The molecule has 1 aliphatic heterocycles. The molecule has 6 rings (SSSR count). The number of anilines is 1. The number of rotatable bonds is 6. The third kappa shape index (κ3) is 4.28. The summed E-state index contributed by atoms with van der Waals surface area (Å²) >= 11 is 0. The number of hydrogen-bond donors (Lipinski definition) is 0. The van der Waals surface area contributed by atoms with Crippen molar-refractivity contribution >= 4 is 11.7 Å². The van der Waals surface area contributed by atoms with Crippen molar-refractivity contribution in [1.29, 1.82) is 0 Å². The molecule has 4 heterocycles. The molecule has 0 N–H and O–H groups in total. The van der Waals surface area contributed by atoms with Crippen molar-refractivity contribution in [2.24, 2.45) is 0 Å². The number of carbonyl (C=O) groups excluding carboxylic acids is 1. The number of pyridine rings is 1. The van der Waals surface area contributed by atoms with Gasteiger partial charge < -0.3 is 18.9 Å². The number of aromatic nitrogens is 5. The Morgan fingerprint density at radius 3 is 2.53 bits per heavy atom.